The molecule has 1 heterocycles. The third kappa shape index (κ3) is 4.40. The van der Waals surface area contributed by atoms with Crippen LogP contribution in [0.25, 0.3) is 10.9 Å². The van der Waals surface area contributed by atoms with Gasteiger partial charge in [-0.25, -0.2) is 0 Å². The first-order valence-electron chi connectivity index (χ1n) is 6.43. The Balaban J connectivity index is 0.00000200. The monoisotopic (exact) mass is 315 g/mol. The van der Waals surface area contributed by atoms with Gasteiger partial charge < -0.3 is 16.0 Å². The van der Waals surface area contributed by atoms with Crippen LogP contribution < -0.4 is 11.1 Å². The summed E-state index contributed by atoms with van der Waals surface area (Å²) >= 11 is 5.99. The number of benzene rings is 1. The first-order chi connectivity index (χ1) is 9.20. The molecule has 0 aliphatic rings. The van der Waals surface area contributed by atoms with Crippen molar-refractivity contribution < 1.29 is 4.79 Å². The molecular weight excluding hydrogens is 297 g/mol. The molecule has 20 heavy (non-hydrogen) atoms. The van der Waals surface area contributed by atoms with E-state index >= 15 is 0 Å². The van der Waals surface area contributed by atoms with Gasteiger partial charge in [-0.3, -0.25) is 4.79 Å². The Kier molecular flexibility index (Phi) is 6.85. The average Bonchev–Trinajstić information content (AvgIpc) is 2.79. The molecule has 0 unspecified atom stereocenters. The second-order valence-electron chi connectivity index (χ2n) is 4.50. The van der Waals surface area contributed by atoms with Crippen LogP contribution in [0.5, 0.6) is 0 Å². The summed E-state index contributed by atoms with van der Waals surface area (Å²) in [7, 11) is 0. The van der Waals surface area contributed by atoms with Crippen molar-refractivity contribution in [3.63, 3.8) is 0 Å². The second kappa shape index (κ2) is 8.15. The summed E-state index contributed by atoms with van der Waals surface area (Å²) in [6.45, 7) is 1.18. The zero-order valence-corrected chi connectivity index (χ0v) is 12.7. The van der Waals surface area contributed by atoms with Crippen LogP contribution in [0.3, 0.4) is 0 Å². The number of H-pyrrole nitrogens is 1. The molecule has 0 saturated carbocycles. The van der Waals surface area contributed by atoms with Gasteiger partial charge in [-0.05, 0) is 43.1 Å². The summed E-state index contributed by atoms with van der Waals surface area (Å²) in [5, 5.41) is 4.73. The van der Waals surface area contributed by atoms with Crippen molar-refractivity contribution in [3.8, 4) is 0 Å². The molecule has 0 aliphatic heterocycles. The molecule has 0 atom stereocenters. The number of nitrogens with two attached hydrogens (primary N) is 1. The Morgan fingerprint density at radius 1 is 1.40 bits per heavy atom. The van der Waals surface area contributed by atoms with E-state index in [9.17, 15) is 4.79 Å². The Bertz CT molecular complexity index is 569. The van der Waals surface area contributed by atoms with E-state index in [2.05, 4.69) is 10.3 Å². The van der Waals surface area contributed by atoms with Crippen molar-refractivity contribution in [1.29, 1.82) is 0 Å². The summed E-state index contributed by atoms with van der Waals surface area (Å²) in [5.74, 6) is 0.0586. The van der Waals surface area contributed by atoms with E-state index in [0.29, 0.717) is 19.5 Å². The van der Waals surface area contributed by atoms with Crippen LogP contribution in [0.4, 0.5) is 0 Å². The lowest BCUT2D eigenvalue weighted by atomic mass is 10.1. The number of fused-ring (bicyclic) bond motifs is 1. The largest absolute Gasteiger partial charge is 0.361 e. The number of rotatable bonds is 6. The third-order valence-corrected chi connectivity index (χ3v) is 3.29. The lowest BCUT2D eigenvalue weighted by Crippen LogP contribution is -2.25. The predicted molar refractivity (Wildman–Crippen MR) is 85.6 cm³/mol. The number of hydrogen-bond acceptors (Lipinski definition) is 2. The minimum atomic E-state index is 0. The molecule has 0 fully saturated rings. The van der Waals surface area contributed by atoms with Crippen LogP contribution in [0.15, 0.2) is 24.4 Å². The molecule has 6 heteroatoms. The summed E-state index contributed by atoms with van der Waals surface area (Å²) in [4.78, 5) is 14.7. The molecule has 1 amide bonds. The number of aromatic nitrogens is 1. The number of halogens is 2. The zero-order valence-electron chi connectivity index (χ0n) is 11.1. The quantitative estimate of drug-likeness (QED) is 0.767. The second-order valence-corrected chi connectivity index (χ2v) is 4.93. The average molecular weight is 316 g/mol. The molecule has 1 aromatic carbocycles. The highest BCUT2D eigenvalue weighted by atomic mass is 35.5. The molecule has 2 rings (SSSR count). The van der Waals surface area contributed by atoms with Gasteiger partial charge in [0.2, 0.25) is 5.91 Å². The van der Waals surface area contributed by atoms with Crippen LogP contribution in [0.1, 0.15) is 18.4 Å². The Hall–Kier alpha value is -1.23. The number of amides is 1. The van der Waals surface area contributed by atoms with Crippen LogP contribution in [0, 0.1) is 0 Å². The standard InChI is InChI=1S/C14H18ClN3O.ClH/c15-11-3-4-13-12(8-11)10(9-18-13)5-7-17-14(19)2-1-6-16;/h3-4,8-9,18H,1-2,5-7,16H2,(H,17,19);1H. The Morgan fingerprint density at radius 3 is 2.95 bits per heavy atom. The number of aromatic amines is 1. The van der Waals surface area contributed by atoms with E-state index in [-0.39, 0.29) is 18.3 Å². The van der Waals surface area contributed by atoms with Crippen LogP contribution >= 0.6 is 24.0 Å². The molecule has 4 N–H and O–H groups in total. The van der Waals surface area contributed by atoms with E-state index in [1.807, 2.05) is 24.4 Å². The summed E-state index contributed by atoms with van der Waals surface area (Å²) in [6.07, 6.45) is 3.98. The third-order valence-electron chi connectivity index (χ3n) is 3.05. The van der Waals surface area contributed by atoms with Crippen molar-refractivity contribution in [2.45, 2.75) is 19.3 Å². The van der Waals surface area contributed by atoms with Gasteiger partial charge in [-0.1, -0.05) is 11.6 Å². The van der Waals surface area contributed by atoms with Crippen molar-refractivity contribution in [2.75, 3.05) is 13.1 Å². The van der Waals surface area contributed by atoms with Crippen molar-refractivity contribution >= 4 is 40.8 Å². The molecule has 110 valence electrons. The molecule has 2 aromatic rings. The molecule has 0 aliphatic carbocycles. The SMILES string of the molecule is Cl.NCCCC(=O)NCCc1c[nH]c2ccc(Cl)cc12. The first-order valence-corrected chi connectivity index (χ1v) is 6.81. The first kappa shape index (κ1) is 16.8. The maximum Gasteiger partial charge on any atom is 0.220 e. The van der Waals surface area contributed by atoms with E-state index in [1.165, 1.54) is 0 Å². The minimum Gasteiger partial charge on any atom is -0.361 e. The molecule has 0 saturated heterocycles. The fraction of sp³-hybridized carbons (Fsp3) is 0.357. The maximum atomic E-state index is 11.5. The lowest BCUT2D eigenvalue weighted by molar-refractivity contribution is -0.121. The van der Waals surface area contributed by atoms with E-state index in [1.54, 1.807) is 0 Å². The Labute approximate surface area is 129 Å². The molecular formula is C14H19Cl2N3O. The maximum absolute atomic E-state index is 11.5. The van der Waals surface area contributed by atoms with Gasteiger partial charge in [-0.2, -0.15) is 0 Å². The lowest BCUT2D eigenvalue weighted by Gasteiger charge is -2.04. The van der Waals surface area contributed by atoms with Crippen LogP contribution in [-0.2, 0) is 11.2 Å². The number of nitrogens with one attached hydrogen (secondary N) is 2. The highest BCUT2D eigenvalue weighted by Gasteiger charge is 2.05. The smallest absolute Gasteiger partial charge is 0.220 e. The fourth-order valence-corrected chi connectivity index (χ4v) is 2.22. The van der Waals surface area contributed by atoms with Crippen LogP contribution in [-0.4, -0.2) is 24.0 Å². The van der Waals surface area contributed by atoms with Gasteiger partial charge in [0.05, 0.1) is 0 Å². The van der Waals surface area contributed by atoms with Crippen molar-refractivity contribution in [2.24, 2.45) is 5.73 Å². The summed E-state index contributed by atoms with van der Waals surface area (Å²) < 4.78 is 0. The predicted octanol–water partition coefficient (Wildman–Crippen LogP) is 2.64. The highest BCUT2D eigenvalue weighted by Crippen LogP contribution is 2.22. The molecule has 0 bridgehead atoms. The van der Waals surface area contributed by atoms with Crippen molar-refractivity contribution in [1.82, 2.24) is 10.3 Å². The van der Waals surface area contributed by atoms with Crippen molar-refractivity contribution in [3.05, 3.63) is 35.0 Å². The number of hydrogen-bond donors (Lipinski definition) is 3. The van der Waals surface area contributed by atoms with Gasteiger partial charge in [0, 0.05) is 35.1 Å². The molecule has 0 spiro atoms. The van der Waals surface area contributed by atoms with E-state index in [4.69, 9.17) is 17.3 Å². The molecule has 0 radical (unpaired) electrons. The fourth-order valence-electron chi connectivity index (χ4n) is 2.05. The minimum absolute atomic E-state index is 0. The van der Waals surface area contributed by atoms with Gasteiger partial charge in [0.1, 0.15) is 0 Å². The van der Waals surface area contributed by atoms with E-state index < -0.39 is 0 Å². The topological polar surface area (TPSA) is 70.9 Å². The van der Waals surface area contributed by atoms with E-state index in [0.717, 1.165) is 34.3 Å². The highest BCUT2D eigenvalue weighted by molar-refractivity contribution is 6.31. The molecule has 4 nitrogen and oxygen atoms in total. The summed E-state index contributed by atoms with van der Waals surface area (Å²) in [5.41, 5.74) is 7.59. The Morgan fingerprint density at radius 2 is 2.20 bits per heavy atom. The molecule has 1 aromatic heterocycles. The van der Waals surface area contributed by atoms with Crippen LogP contribution in [0.2, 0.25) is 5.02 Å². The van der Waals surface area contributed by atoms with Gasteiger partial charge in [0.15, 0.2) is 0 Å². The van der Waals surface area contributed by atoms with Gasteiger partial charge >= 0.3 is 0 Å². The van der Waals surface area contributed by atoms with Gasteiger partial charge in [0.25, 0.3) is 0 Å². The normalized spacial score (nSPS) is 10.3. The van der Waals surface area contributed by atoms with Gasteiger partial charge in [-0.15, -0.1) is 12.4 Å². The number of carbonyl (C=O) groups is 1. The zero-order chi connectivity index (χ0) is 13.7. The number of carbonyl (C=O) groups excluding carboxylic acids is 1. The summed E-state index contributed by atoms with van der Waals surface area (Å²) in [6, 6.07) is 5.76.